The average Bonchev–Trinajstić information content (AvgIpc) is 2.84. The van der Waals surface area contributed by atoms with E-state index < -0.39 is 16.0 Å². The van der Waals surface area contributed by atoms with Gasteiger partial charge in [-0.25, -0.2) is 13.2 Å². The van der Waals surface area contributed by atoms with Crippen LogP contribution < -0.4 is 4.72 Å². The first-order valence-electron chi connectivity index (χ1n) is 4.21. The number of aromatic carboxylic acids is 1. The van der Waals surface area contributed by atoms with Crippen molar-refractivity contribution in [3.8, 4) is 0 Å². The van der Waals surface area contributed by atoms with Crippen molar-refractivity contribution in [3.05, 3.63) is 24.2 Å². The fourth-order valence-electron chi connectivity index (χ4n) is 1.06. The molecule has 90 valence electrons. The third-order valence-electron chi connectivity index (χ3n) is 1.79. The van der Waals surface area contributed by atoms with Gasteiger partial charge in [0.2, 0.25) is 0 Å². The van der Waals surface area contributed by atoms with E-state index in [1.54, 1.807) is 0 Å². The minimum atomic E-state index is -3.81. The molecular weight excluding hydrogens is 268 g/mol. The summed E-state index contributed by atoms with van der Waals surface area (Å²) in [5.74, 6) is -1.23. The van der Waals surface area contributed by atoms with Crippen molar-refractivity contribution < 1.29 is 18.3 Å². The number of anilines is 1. The predicted molar refractivity (Wildman–Crippen MR) is 58.5 cm³/mol. The van der Waals surface area contributed by atoms with Gasteiger partial charge < -0.3 is 10.1 Å². The van der Waals surface area contributed by atoms with Crippen LogP contribution in [0.2, 0.25) is 0 Å². The van der Waals surface area contributed by atoms with Gasteiger partial charge in [0.25, 0.3) is 10.0 Å². The molecule has 0 aliphatic rings. The zero-order chi connectivity index (χ0) is 12.5. The van der Waals surface area contributed by atoms with E-state index in [4.69, 9.17) is 5.11 Å². The Labute approximate surface area is 99.5 Å². The Hall–Kier alpha value is -1.94. The number of hydrogen-bond donors (Lipinski definition) is 3. The van der Waals surface area contributed by atoms with Gasteiger partial charge in [-0.15, -0.1) is 5.10 Å². The molecule has 2 heterocycles. The second-order valence-electron chi connectivity index (χ2n) is 2.94. The Bertz CT molecular complexity index is 631. The highest BCUT2D eigenvalue weighted by atomic mass is 32.2. The van der Waals surface area contributed by atoms with Gasteiger partial charge in [0.05, 0.1) is 6.20 Å². The molecule has 0 atom stereocenters. The smallest absolute Gasteiger partial charge is 0.352 e. The van der Waals surface area contributed by atoms with Crippen molar-refractivity contribution in [1.82, 2.24) is 14.6 Å². The van der Waals surface area contributed by atoms with E-state index in [0.29, 0.717) is 0 Å². The van der Waals surface area contributed by atoms with Crippen LogP contribution in [-0.2, 0) is 10.0 Å². The van der Waals surface area contributed by atoms with Gasteiger partial charge in [-0.2, -0.15) is 0 Å². The van der Waals surface area contributed by atoms with Crippen molar-refractivity contribution in [1.29, 1.82) is 0 Å². The first-order valence-corrected chi connectivity index (χ1v) is 6.46. The van der Waals surface area contributed by atoms with E-state index in [1.165, 1.54) is 6.20 Å². The number of nitrogens with one attached hydrogen (secondary N) is 2. The molecule has 0 saturated carbocycles. The molecule has 2 aromatic heterocycles. The monoisotopic (exact) mass is 274 g/mol. The highest BCUT2D eigenvalue weighted by Gasteiger charge is 2.18. The molecule has 0 aliphatic heterocycles. The third kappa shape index (κ3) is 2.42. The maximum Gasteiger partial charge on any atom is 0.352 e. The maximum atomic E-state index is 11.8. The first-order chi connectivity index (χ1) is 7.99. The van der Waals surface area contributed by atoms with Gasteiger partial charge in [-0.1, -0.05) is 4.49 Å². The van der Waals surface area contributed by atoms with E-state index in [1.807, 2.05) is 0 Å². The molecular formula is C7H6N4O4S2. The number of rotatable bonds is 4. The van der Waals surface area contributed by atoms with Crippen LogP contribution in [0.3, 0.4) is 0 Å². The number of aromatic nitrogens is 3. The lowest BCUT2D eigenvalue weighted by Crippen LogP contribution is -2.11. The third-order valence-corrected chi connectivity index (χ3v) is 3.85. The Morgan fingerprint density at radius 2 is 2.29 bits per heavy atom. The molecule has 17 heavy (non-hydrogen) atoms. The van der Waals surface area contributed by atoms with Crippen molar-refractivity contribution in [2.24, 2.45) is 0 Å². The van der Waals surface area contributed by atoms with E-state index in [2.05, 4.69) is 19.3 Å². The number of carbonyl (C=O) groups is 1. The summed E-state index contributed by atoms with van der Waals surface area (Å²) in [7, 11) is -3.81. The molecule has 0 radical (unpaired) electrons. The lowest BCUT2D eigenvalue weighted by Gasteiger charge is -2.01. The SMILES string of the molecule is O=C(O)c1cc(S(=O)(=O)Nc2cnns2)c[nH]1. The quantitative estimate of drug-likeness (QED) is 0.739. The van der Waals surface area contributed by atoms with Crippen molar-refractivity contribution in [3.63, 3.8) is 0 Å². The molecule has 0 amide bonds. The topological polar surface area (TPSA) is 125 Å². The summed E-state index contributed by atoms with van der Waals surface area (Å²) in [5, 5.41) is 12.4. The molecule has 0 bridgehead atoms. The average molecular weight is 274 g/mol. The number of H-pyrrole nitrogens is 1. The summed E-state index contributed by atoms with van der Waals surface area (Å²) in [6.45, 7) is 0. The minimum absolute atomic E-state index is 0.164. The predicted octanol–water partition coefficient (Wildman–Crippen LogP) is 0.365. The molecule has 0 spiro atoms. The molecule has 10 heteroatoms. The molecule has 0 saturated heterocycles. The van der Waals surface area contributed by atoms with E-state index >= 15 is 0 Å². The van der Waals surface area contributed by atoms with Crippen LogP contribution >= 0.6 is 11.5 Å². The van der Waals surface area contributed by atoms with Crippen LogP contribution in [0.4, 0.5) is 5.00 Å². The van der Waals surface area contributed by atoms with E-state index in [9.17, 15) is 13.2 Å². The molecule has 3 N–H and O–H groups in total. The van der Waals surface area contributed by atoms with Crippen LogP contribution in [0.1, 0.15) is 10.5 Å². The summed E-state index contributed by atoms with van der Waals surface area (Å²) in [6.07, 6.45) is 2.35. The number of hydrogen-bond acceptors (Lipinski definition) is 6. The Balaban J connectivity index is 2.28. The lowest BCUT2D eigenvalue weighted by atomic mass is 10.4. The molecule has 0 aromatic carbocycles. The summed E-state index contributed by atoms with van der Waals surface area (Å²) in [4.78, 5) is 12.8. The summed E-state index contributed by atoms with van der Waals surface area (Å²) < 4.78 is 29.2. The number of sulfonamides is 1. The van der Waals surface area contributed by atoms with Gasteiger partial charge in [0, 0.05) is 17.7 Å². The number of carboxylic acid groups (broad SMARTS) is 1. The van der Waals surface area contributed by atoms with Crippen LogP contribution in [0, 0.1) is 0 Å². The largest absolute Gasteiger partial charge is 0.477 e. The van der Waals surface area contributed by atoms with Crippen molar-refractivity contribution >= 4 is 32.5 Å². The Morgan fingerprint density at radius 1 is 1.53 bits per heavy atom. The zero-order valence-corrected chi connectivity index (χ0v) is 9.75. The number of nitrogens with zero attached hydrogens (tertiary/aromatic N) is 2. The first kappa shape index (κ1) is 11.5. The molecule has 2 aromatic rings. The Kier molecular flexibility index (Phi) is 2.81. The fraction of sp³-hybridized carbons (Fsp3) is 0. The van der Waals surface area contributed by atoms with Gasteiger partial charge in [0.15, 0.2) is 0 Å². The lowest BCUT2D eigenvalue weighted by molar-refractivity contribution is 0.0691. The summed E-state index contributed by atoms with van der Waals surface area (Å²) in [6, 6.07) is 1.03. The second-order valence-corrected chi connectivity index (χ2v) is 5.41. The molecule has 2 rings (SSSR count). The van der Waals surface area contributed by atoms with Crippen LogP contribution in [0.25, 0.3) is 0 Å². The normalized spacial score (nSPS) is 11.3. The number of carboxylic acids is 1. The molecule has 0 aliphatic carbocycles. The minimum Gasteiger partial charge on any atom is -0.477 e. The molecule has 0 unspecified atom stereocenters. The van der Waals surface area contributed by atoms with Crippen molar-refractivity contribution in [2.45, 2.75) is 4.90 Å². The van der Waals surface area contributed by atoms with Crippen LogP contribution in [0.15, 0.2) is 23.4 Å². The Morgan fingerprint density at radius 3 is 2.82 bits per heavy atom. The summed E-state index contributed by atoms with van der Waals surface area (Å²) >= 11 is 0.880. The van der Waals surface area contributed by atoms with Crippen molar-refractivity contribution in [2.75, 3.05) is 4.72 Å². The highest BCUT2D eigenvalue weighted by molar-refractivity contribution is 7.93. The standard InChI is InChI=1S/C7H6N4O4S2/c12-7(13)5-1-4(2-8-5)17(14,15)10-6-3-9-11-16-6/h1-3,8,10H,(H,12,13). The van der Waals surface area contributed by atoms with Gasteiger partial charge in [-0.3, -0.25) is 4.72 Å². The molecule has 8 nitrogen and oxygen atoms in total. The fourth-order valence-corrected chi connectivity index (χ4v) is 2.73. The summed E-state index contributed by atoms with van der Waals surface area (Å²) in [5.41, 5.74) is -0.201. The number of aromatic amines is 1. The van der Waals surface area contributed by atoms with E-state index in [-0.39, 0.29) is 15.6 Å². The van der Waals surface area contributed by atoms with Gasteiger partial charge in [-0.05, 0) is 6.07 Å². The van der Waals surface area contributed by atoms with Crippen LogP contribution in [0.5, 0.6) is 0 Å². The van der Waals surface area contributed by atoms with Crippen LogP contribution in [-0.4, -0.2) is 34.1 Å². The molecule has 0 fully saturated rings. The second kappa shape index (κ2) is 4.14. The van der Waals surface area contributed by atoms with E-state index in [0.717, 1.165) is 23.8 Å². The van der Waals surface area contributed by atoms with Gasteiger partial charge >= 0.3 is 5.97 Å². The highest BCUT2D eigenvalue weighted by Crippen LogP contribution is 2.18. The van der Waals surface area contributed by atoms with Gasteiger partial charge in [0.1, 0.15) is 15.6 Å². The maximum absolute atomic E-state index is 11.8. The zero-order valence-electron chi connectivity index (χ0n) is 8.11.